The van der Waals surface area contributed by atoms with Crippen LogP contribution >= 0.6 is 0 Å². The molecule has 1 aliphatic carbocycles. The van der Waals surface area contributed by atoms with Crippen molar-refractivity contribution < 1.29 is 38.9 Å². The van der Waals surface area contributed by atoms with Crippen molar-refractivity contribution in [2.45, 2.75) is 77.6 Å². The van der Waals surface area contributed by atoms with E-state index in [0.717, 1.165) is 0 Å². The second-order valence-corrected chi connectivity index (χ2v) is 11.4. The third-order valence-corrected chi connectivity index (χ3v) is 6.71. The summed E-state index contributed by atoms with van der Waals surface area (Å²) in [6.45, 7) is 9.01. The number of phenols is 2. The van der Waals surface area contributed by atoms with E-state index in [1.165, 1.54) is 29.2 Å². The third-order valence-electron chi connectivity index (χ3n) is 6.71. The molecule has 3 amide bonds. The highest BCUT2D eigenvalue weighted by Crippen LogP contribution is 2.41. The van der Waals surface area contributed by atoms with Gasteiger partial charge in [0.15, 0.2) is 0 Å². The Morgan fingerprint density at radius 1 is 1.00 bits per heavy atom. The van der Waals surface area contributed by atoms with Crippen LogP contribution in [-0.4, -0.2) is 69.8 Å². The zero-order chi connectivity index (χ0) is 31.0. The second-order valence-electron chi connectivity index (χ2n) is 11.4. The Morgan fingerprint density at radius 2 is 1.57 bits per heavy atom. The van der Waals surface area contributed by atoms with E-state index in [2.05, 4.69) is 10.6 Å². The molecule has 228 valence electrons. The largest absolute Gasteiger partial charge is 0.508 e. The second kappa shape index (κ2) is 14.1. The summed E-state index contributed by atoms with van der Waals surface area (Å²) in [4.78, 5) is 54.3. The number of alkyl carbamates (subject to hydrolysis) is 1. The van der Waals surface area contributed by atoms with E-state index in [1.807, 2.05) is 6.92 Å². The Morgan fingerprint density at radius 3 is 2.10 bits per heavy atom. The molecule has 0 spiro atoms. The molecule has 3 rings (SSSR count). The van der Waals surface area contributed by atoms with E-state index < -0.39 is 41.6 Å². The molecule has 42 heavy (non-hydrogen) atoms. The SMILES string of the molecule is CCOC(=O)CCNC(=O)C(c1ccc(O)cc1)N(C(=O)C(Cc1ccc(O)cc1)NC(=O)OC(C)(C)C)C1CC1C. The topological polar surface area (TPSA) is 154 Å². The van der Waals surface area contributed by atoms with Crippen molar-refractivity contribution in [3.8, 4) is 11.5 Å². The fourth-order valence-electron chi connectivity index (χ4n) is 4.58. The normalized spacial score (nSPS) is 17.4. The maximum atomic E-state index is 14.4. The summed E-state index contributed by atoms with van der Waals surface area (Å²) in [6.07, 6.45) is -0.111. The van der Waals surface area contributed by atoms with Gasteiger partial charge in [-0.2, -0.15) is 0 Å². The van der Waals surface area contributed by atoms with Crippen LogP contribution < -0.4 is 10.6 Å². The number of carbonyl (C=O) groups excluding carboxylic acids is 4. The first-order valence-corrected chi connectivity index (χ1v) is 14.1. The Bertz CT molecular complexity index is 1240. The van der Waals surface area contributed by atoms with Crippen LogP contribution in [0.4, 0.5) is 4.79 Å². The van der Waals surface area contributed by atoms with Crippen molar-refractivity contribution in [1.82, 2.24) is 15.5 Å². The summed E-state index contributed by atoms with van der Waals surface area (Å²) in [5.74, 6) is -1.33. The maximum Gasteiger partial charge on any atom is 0.408 e. The van der Waals surface area contributed by atoms with E-state index >= 15 is 0 Å². The van der Waals surface area contributed by atoms with Crippen LogP contribution in [-0.2, 0) is 30.3 Å². The molecule has 0 aliphatic heterocycles. The van der Waals surface area contributed by atoms with Gasteiger partial charge in [0.05, 0.1) is 13.0 Å². The molecule has 2 aromatic rings. The van der Waals surface area contributed by atoms with E-state index in [4.69, 9.17) is 9.47 Å². The van der Waals surface area contributed by atoms with E-state index in [9.17, 15) is 29.4 Å². The predicted molar refractivity (Wildman–Crippen MR) is 154 cm³/mol. The van der Waals surface area contributed by atoms with Crippen LogP contribution in [0.5, 0.6) is 11.5 Å². The molecule has 11 heteroatoms. The van der Waals surface area contributed by atoms with Crippen molar-refractivity contribution in [3.63, 3.8) is 0 Å². The molecule has 0 radical (unpaired) electrons. The fraction of sp³-hybridized carbons (Fsp3) is 0.484. The lowest BCUT2D eigenvalue weighted by atomic mass is 9.99. The van der Waals surface area contributed by atoms with Crippen LogP contribution in [0, 0.1) is 5.92 Å². The average Bonchev–Trinajstić information content (AvgIpc) is 3.63. The molecular formula is C31H41N3O8. The predicted octanol–water partition coefficient (Wildman–Crippen LogP) is 3.58. The molecule has 0 saturated heterocycles. The molecule has 1 saturated carbocycles. The molecule has 4 unspecified atom stereocenters. The minimum atomic E-state index is -1.11. The van der Waals surface area contributed by atoms with E-state index in [0.29, 0.717) is 17.5 Å². The number of ether oxygens (including phenoxy) is 2. The summed E-state index contributed by atoms with van der Waals surface area (Å²) >= 11 is 0. The first kappa shape index (κ1) is 32.2. The standard InChI is InChI=1S/C31H41N3O8/c1-6-41-26(37)15-16-32-28(38)27(21-9-13-23(36)14-10-21)34(25-17-19(25)2)29(39)24(33-30(40)42-31(3,4)5)18-20-7-11-22(35)12-8-20/h7-14,19,24-25,27,35-36H,6,15-18H2,1-5H3,(H,32,38)(H,33,40). The molecule has 4 atom stereocenters. The van der Waals surface area contributed by atoms with Crippen LogP contribution in [0.3, 0.4) is 0 Å². The van der Waals surface area contributed by atoms with Crippen LogP contribution in [0.2, 0.25) is 0 Å². The molecule has 1 aliphatic rings. The Kier molecular flexibility index (Phi) is 10.8. The summed E-state index contributed by atoms with van der Waals surface area (Å²) in [6, 6.07) is 9.75. The number of benzene rings is 2. The van der Waals surface area contributed by atoms with Crippen molar-refractivity contribution in [2.24, 2.45) is 5.92 Å². The van der Waals surface area contributed by atoms with E-state index in [1.54, 1.807) is 52.0 Å². The number of nitrogens with one attached hydrogen (secondary N) is 2. The lowest BCUT2D eigenvalue weighted by molar-refractivity contribution is -0.145. The Hall–Kier alpha value is -4.28. The summed E-state index contributed by atoms with van der Waals surface area (Å²) in [7, 11) is 0. The molecule has 11 nitrogen and oxygen atoms in total. The van der Waals surface area contributed by atoms with Gasteiger partial charge >= 0.3 is 12.1 Å². The number of rotatable bonds is 12. The maximum absolute atomic E-state index is 14.4. The van der Waals surface area contributed by atoms with Gasteiger partial charge < -0.3 is 35.2 Å². The molecule has 2 aromatic carbocycles. The fourth-order valence-corrected chi connectivity index (χ4v) is 4.58. The zero-order valence-corrected chi connectivity index (χ0v) is 24.8. The van der Waals surface area contributed by atoms with Gasteiger partial charge in [-0.1, -0.05) is 31.2 Å². The zero-order valence-electron chi connectivity index (χ0n) is 24.8. The van der Waals surface area contributed by atoms with Crippen molar-refractivity contribution in [3.05, 3.63) is 59.7 Å². The minimum Gasteiger partial charge on any atom is -0.508 e. The molecule has 0 bridgehead atoms. The molecule has 0 heterocycles. The van der Waals surface area contributed by atoms with Gasteiger partial charge in [-0.25, -0.2) is 4.79 Å². The number of phenolic OH excluding ortho intramolecular Hbond substituents is 2. The summed E-state index contributed by atoms with van der Waals surface area (Å²) in [5.41, 5.74) is 0.314. The van der Waals surface area contributed by atoms with Crippen LogP contribution in [0.15, 0.2) is 48.5 Å². The lowest BCUT2D eigenvalue weighted by Gasteiger charge is -2.35. The van der Waals surface area contributed by atoms with Crippen molar-refractivity contribution in [2.75, 3.05) is 13.2 Å². The number of hydrogen-bond acceptors (Lipinski definition) is 8. The minimum absolute atomic E-state index is 0.00158. The number of aromatic hydroxyl groups is 2. The van der Waals surface area contributed by atoms with Gasteiger partial charge in [0.1, 0.15) is 29.2 Å². The first-order valence-electron chi connectivity index (χ1n) is 14.1. The number of nitrogens with zero attached hydrogens (tertiary/aromatic N) is 1. The lowest BCUT2D eigenvalue weighted by Crippen LogP contribution is -2.54. The number of hydrogen-bond donors (Lipinski definition) is 4. The van der Waals surface area contributed by atoms with Gasteiger partial charge in [-0.05, 0) is 75.4 Å². The smallest absolute Gasteiger partial charge is 0.408 e. The monoisotopic (exact) mass is 583 g/mol. The number of carbonyl (C=O) groups is 4. The highest BCUT2D eigenvalue weighted by atomic mass is 16.6. The summed E-state index contributed by atoms with van der Waals surface area (Å²) in [5, 5.41) is 25.1. The quantitative estimate of drug-likeness (QED) is 0.277. The summed E-state index contributed by atoms with van der Waals surface area (Å²) < 4.78 is 10.4. The van der Waals surface area contributed by atoms with Gasteiger partial charge in [0.2, 0.25) is 11.8 Å². The van der Waals surface area contributed by atoms with Crippen molar-refractivity contribution >= 4 is 23.9 Å². The van der Waals surface area contributed by atoms with Crippen molar-refractivity contribution in [1.29, 1.82) is 0 Å². The molecular weight excluding hydrogens is 542 g/mol. The van der Waals surface area contributed by atoms with Gasteiger partial charge in [0.25, 0.3) is 0 Å². The van der Waals surface area contributed by atoms with Gasteiger partial charge in [0, 0.05) is 19.0 Å². The highest BCUT2D eigenvalue weighted by Gasteiger charge is 2.48. The molecule has 4 N–H and O–H groups in total. The van der Waals surface area contributed by atoms with Crippen LogP contribution in [0.1, 0.15) is 64.6 Å². The average molecular weight is 584 g/mol. The van der Waals surface area contributed by atoms with Gasteiger partial charge in [-0.15, -0.1) is 0 Å². The van der Waals surface area contributed by atoms with Crippen LogP contribution in [0.25, 0.3) is 0 Å². The third kappa shape index (κ3) is 9.39. The highest BCUT2D eigenvalue weighted by molar-refractivity contribution is 5.93. The number of amides is 3. The number of esters is 1. The first-order chi connectivity index (χ1) is 19.8. The Labute approximate surface area is 246 Å². The molecule has 1 fully saturated rings. The Balaban J connectivity index is 1.98. The molecule has 0 aromatic heterocycles. The van der Waals surface area contributed by atoms with E-state index in [-0.39, 0.29) is 49.5 Å². The van der Waals surface area contributed by atoms with Gasteiger partial charge in [-0.3, -0.25) is 14.4 Å².